The summed E-state index contributed by atoms with van der Waals surface area (Å²) in [6.07, 6.45) is 4.26. The van der Waals surface area contributed by atoms with Crippen molar-refractivity contribution in [1.82, 2.24) is 20.2 Å². The number of nitrogens with zero attached hydrogens (tertiary/aromatic N) is 3. The topological polar surface area (TPSA) is 73.4 Å². The molecule has 0 spiro atoms. The standard InChI is InChI=1S/C15H17N5O/c1-20(2)9-18-14-7-10(3-5-16-14)13-8-11-12(19-13)4-6-17-15(11)21/h3,5,7-9,19H,4,6H2,1-2H3,(H,17,21)/b18-9+. The SMILES string of the molecule is CN(C)/C=N/c1cc(-c2cc3c([nH]2)CCNC3=O)ccn1. The van der Waals surface area contributed by atoms with Crippen LogP contribution >= 0.6 is 0 Å². The lowest BCUT2D eigenvalue weighted by Crippen LogP contribution is -2.31. The van der Waals surface area contributed by atoms with Gasteiger partial charge in [-0.05, 0) is 18.2 Å². The Morgan fingerprint density at radius 2 is 2.24 bits per heavy atom. The zero-order valence-electron chi connectivity index (χ0n) is 12.1. The molecule has 6 nitrogen and oxygen atoms in total. The number of carbonyl (C=O) groups is 1. The number of hydrogen-bond donors (Lipinski definition) is 2. The molecule has 0 saturated heterocycles. The predicted octanol–water partition coefficient (Wildman–Crippen LogP) is 1.58. The highest BCUT2D eigenvalue weighted by Crippen LogP contribution is 2.25. The number of amides is 1. The summed E-state index contributed by atoms with van der Waals surface area (Å²) in [7, 11) is 3.82. The van der Waals surface area contributed by atoms with Crippen LogP contribution in [0.4, 0.5) is 5.82 Å². The van der Waals surface area contributed by atoms with Crippen LogP contribution < -0.4 is 5.32 Å². The third kappa shape index (κ3) is 2.79. The van der Waals surface area contributed by atoms with Crippen molar-refractivity contribution in [2.45, 2.75) is 6.42 Å². The minimum Gasteiger partial charge on any atom is -0.369 e. The first-order valence-corrected chi connectivity index (χ1v) is 6.80. The van der Waals surface area contributed by atoms with Gasteiger partial charge in [0, 0.05) is 50.2 Å². The Morgan fingerprint density at radius 3 is 3.00 bits per heavy atom. The summed E-state index contributed by atoms with van der Waals surface area (Å²) in [5, 5.41) is 2.85. The number of hydrogen-bond acceptors (Lipinski definition) is 3. The van der Waals surface area contributed by atoms with E-state index in [0.29, 0.717) is 12.4 Å². The van der Waals surface area contributed by atoms with Gasteiger partial charge in [0.1, 0.15) is 0 Å². The monoisotopic (exact) mass is 283 g/mol. The first-order valence-electron chi connectivity index (χ1n) is 6.80. The molecule has 0 aromatic carbocycles. The van der Waals surface area contributed by atoms with E-state index in [0.717, 1.165) is 28.9 Å². The summed E-state index contributed by atoms with van der Waals surface area (Å²) in [6, 6.07) is 5.69. The van der Waals surface area contributed by atoms with Gasteiger partial charge in [-0.25, -0.2) is 9.98 Å². The number of fused-ring (bicyclic) bond motifs is 1. The van der Waals surface area contributed by atoms with Crippen molar-refractivity contribution in [1.29, 1.82) is 0 Å². The molecule has 0 fully saturated rings. The van der Waals surface area contributed by atoms with Crippen molar-refractivity contribution < 1.29 is 4.79 Å². The van der Waals surface area contributed by atoms with Crippen LogP contribution in [0.2, 0.25) is 0 Å². The fourth-order valence-electron chi connectivity index (χ4n) is 2.28. The van der Waals surface area contributed by atoms with Crippen LogP contribution in [0.3, 0.4) is 0 Å². The van der Waals surface area contributed by atoms with Crippen LogP contribution in [0.25, 0.3) is 11.3 Å². The Morgan fingerprint density at radius 1 is 1.38 bits per heavy atom. The first kappa shape index (κ1) is 13.4. The van der Waals surface area contributed by atoms with Gasteiger partial charge in [0.2, 0.25) is 0 Å². The van der Waals surface area contributed by atoms with Crippen LogP contribution in [-0.4, -0.2) is 47.8 Å². The van der Waals surface area contributed by atoms with Crippen molar-refractivity contribution in [3.8, 4) is 11.3 Å². The summed E-state index contributed by atoms with van der Waals surface area (Å²) >= 11 is 0. The maximum atomic E-state index is 11.8. The molecule has 0 saturated carbocycles. The number of carbonyl (C=O) groups excluding carboxylic acids is 1. The van der Waals surface area contributed by atoms with Crippen LogP contribution in [0.5, 0.6) is 0 Å². The van der Waals surface area contributed by atoms with Gasteiger partial charge in [-0.1, -0.05) is 0 Å². The highest BCUT2D eigenvalue weighted by atomic mass is 16.1. The molecule has 1 amide bonds. The normalized spacial score (nSPS) is 14.1. The molecule has 3 rings (SSSR count). The number of aromatic nitrogens is 2. The molecular weight excluding hydrogens is 266 g/mol. The average molecular weight is 283 g/mol. The molecular formula is C15H17N5O. The quantitative estimate of drug-likeness (QED) is 0.663. The molecule has 0 unspecified atom stereocenters. The largest absolute Gasteiger partial charge is 0.369 e. The summed E-state index contributed by atoms with van der Waals surface area (Å²) in [5.74, 6) is 0.622. The molecule has 3 heterocycles. The lowest BCUT2D eigenvalue weighted by atomic mass is 10.1. The van der Waals surface area contributed by atoms with E-state index >= 15 is 0 Å². The summed E-state index contributed by atoms with van der Waals surface area (Å²) in [4.78, 5) is 25.5. The molecule has 1 aliphatic heterocycles. The summed E-state index contributed by atoms with van der Waals surface area (Å²) in [5.41, 5.74) is 3.61. The third-order valence-corrected chi connectivity index (χ3v) is 3.28. The number of H-pyrrole nitrogens is 1. The second-order valence-corrected chi connectivity index (χ2v) is 5.19. The van der Waals surface area contributed by atoms with E-state index in [4.69, 9.17) is 0 Å². The van der Waals surface area contributed by atoms with Crippen molar-refractivity contribution in [3.63, 3.8) is 0 Å². The maximum Gasteiger partial charge on any atom is 0.253 e. The molecule has 2 aromatic rings. The van der Waals surface area contributed by atoms with Gasteiger partial charge in [0.15, 0.2) is 5.82 Å². The van der Waals surface area contributed by atoms with Gasteiger partial charge in [-0.15, -0.1) is 0 Å². The Hall–Kier alpha value is -2.63. The van der Waals surface area contributed by atoms with Crippen molar-refractivity contribution >= 4 is 18.1 Å². The van der Waals surface area contributed by atoms with E-state index in [-0.39, 0.29) is 5.91 Å². The molecule has 0 aliphatic carbocycles. The summed E-state index contributed by atoms with van der Waals surface area (Å²) in [6.45, 7) is 0.681. The zero-order chi connectivity index (χ0) is 14.8. The number of aliphatic imine (C=N–C) groups is 1. The Balaban J connectivity index is 1.94. The highest BCUT2D eigenvalue weighted by Gasteiger charge is 2.19. The van der Waals surface area contributed by atoms with Gasteiger partial charge >= 0.3 is 0 Å². The number of aromatic amines is 1. The first-order chi connectivity index (χ1) is 10.1. The van der Waals surface area contributed by atoms with Gasteiger partial charge in [0.25, 0.3) is 5.91 Å². The molecule has 0 atom stereocenters. The van der Waals surface area contributed by atoms with Crippen molar-refractivity contribution in [3.05, 3.63) is 35.7 Å². The van der Waals surface area contributed by atoms with Gasteiger partial charge in [0.05, 0.1) is 11.9 Å². The van der Waals surface area contributed by atoms with Crippen LogP contribution in [0, 0.1) is 0 Å². The second kappa shape index (κ2) is 5.40. The minimum absolute atomic E-state index is 0.0151. The molecule has 21 heavy (non-hydrogen) atoms. The molecule has 0 radical (unpaired) electrons. The average Bonchev–Trinajstić information content (AvgIpc) is 2.91. The minimum atomic E-state index is -0.0151. The fourth-order valence-corrected chi connectivity index (χ4v) is 2.28. The lowest BCUT2D eigenvalue weighted by molar-refractivity contribution is 0.0946. The van der Waals surface area contributed by atoms with Crippen molar-refractivity contribution in [2.75, 3.05) is 20.6 Å². The van der Waals surface area contributed by atoms with E-state index in [2.05, 4.69) is 20.3 Å². The highest BCUT2D eigenvalue weighted by molar-refractivity contribution is 5.97. The zero-order valence-corrected chi connectivity index (χ0v) is 12.1. The van der Waals surface area contributed by atoms with E-state index in [1.807, 2.05) is 37.2 Å². The Labute approximate surface area is 122 Å². The maximum absolute atomic E-state index is 11.8. The molecule has 2 N–H and O–H groups in total. The molecule has 0 bridgehead atoms. The van der Waals surface area contributed by atoms with E-state index in [1.54, 1.807) is 12.5 Å². The molecule has 108 valence electrons. The van der Waals surface area contributed by atoms with Gasteiger partial charge < -0.3 is 15.2 Å². The second-order valence-electron chi connectivity index (χ2n) is 5.19. The fraction of sp³-hybridized carbons (Fsp3) is 0.267. The van der Waals surface area contributed by atoms with Crippen molar-refractivity contribution in [2.24, 2.45) is 4.99 Å². The van der Waals surface area contributed by atoms with Gasteiger partial charge in [-0.2, -0.15) is 0 Å². The van der Waals surface area contributed by atoms with E-state index < -0.39 is 0 Å². The lowest BCUT2D eigenvalue weighted by Gasteiger charge is -2.10. The molecule has 1 aliphatic rings. The molecule has 6 heteroatoms. The Kier molecular flexibility index (Phi) is 3.43. The smallest absolute Gasteiger partial charge is 0.253 e. The number of pyridine rings is 1. The third-order valence-electron chi connectivity index (χ3n) is 3.28. The Bertz CT molecular complexity index is 702. The number of nitrogens with one attached hydrogen (secondary N) is 2. The van der Waals surface area contributed by atoms with Crippen LogP contribution in [-0.2, 0) is 6.42 Å². The van der Waals surface area contributed by atoms with Crippen LogP contribution in [0.15, 0.2) is 29.4 Å². The summed E-state index contributed by atoms with van der Waals surface area (Å²) < 4.78 is 0. The predicted molar refractivity (Wildman–Crippen MR) is 81.9 cm³/mol. The number of rotatable bonds is 3. The van der Waals surface area contributed by atoms with Crippen LogP contribution in [0.1, 0.15) is 16.1 Å². The van der Waals surface area contributed by atoms with Gasteiger partial charge in [-0.3, -0.25) is 4.79 Å². The van der Waals surface area contributed by atoms with E-state index in [1.165, 1.54) is 0 Å². The molecule has 2 aromatic heterocycles. The van der Waals surface area contributed by atoms with E-state index in [9.17, 15) is 4.79 Å².